The van der Waals surface area contributed by atoms with Crippen molar-refractivity contribution in [3.63, 3.8) is 0 Å². The van der Waals surface area contributed by atoms with Crippen molar-refractivity contribution in [1.29, 1.82) is 0 Å². The van der Waals surface area contributed by atoms with Crippen LogP contribution in [0.1, 0.15) is 19.7 Å². The van der Waals surface area contributed by atoms with E-state index in [0.29, 0.717) is 11.8 Å². The molecule has 0 saturated heterocycles. The summed E-state index contributed by atoms with van der Waals surface area (Å²) in [7, 11) is 0. The van der Waals surface area contributed by atoms with Gasteiger partial charge in [0.2, 0.25) is 5.89 Å². The molecule has 0 N–H and O–H groups in total. The summed E-state index contributed by atoms with van der Waals surface area (Å²) in [6.45, 7) is 10.2. The Morgan fingerprint density at radius 3 is 2.59 bits per heavy atom. The van der Waals surface area contributed by atoms with Crippen molar-refractivity contribution >= 4 is 10.9 Å². The third-order valence-corrected chi connectivity index (χ3v) is 4.09. The van der Waals surface area contributed by atoms with E-state index in [2.05, 4.69) is 63.8 Å². The first-order valence-corrected chi connectivity index (χ1v) is 7.84. The van der Waals surface area contributed by atoms with Crippen LogP contribution in [0.15, 0.2) is 34.7 Å². The molecular formula is C17H22N4O. The molecule has 3 rings (SSSR count). The first-order chi connectivity index (χ1) is 10.7. The largest absolute Gasteiger partial charge is 0.420 e. The van der Waals surface area contributed by atoms with Gasteiger partial charge in [-0.1, -0.05) is 32.0 Å². The summed E-state index contributed by atoms with van der Waals surface area (Å²) in [4.78, 5) is 2.41. The van der Waals surface area contributed by atoms with E-state index in [0.717, 1.165) is 31.9 Å². The molecule has 0 unspecified atom stereocenters. The van der Waals surface area contributed by atoms with Gasteiger partial charge >= 0.3 is 0 Å². The molecule has 22 heavy (non-hydrogen) atoms. The number of para-hydroxylation sites is 1. The molecule has 0 atom stereocenters. The van der Waals surface area contributed by atoms with Gasteiger partial charge in [0.05, 0.1) is 0 Å². The Morgan fingerprint density at radius 2 is 1.91 bits per heavy atom. The molecule has 0 aliphatic rings. The second kappa shape index (κ2) is 6.32. The third-order valence-electron chi connectivity index (χ3n) is 4.09. The average Bonchev–Trinajstić information content (AvgIpc) is 3.12. The predicted octanol–water partition coefficient (Wildman–Crippen LogP) is 3.34. The number of benzene rings is 1. The van der Waals surface area contributed by atoms with Gasteiger partial charge in [-0.25, -0.2) is 0 Å². The molecule has 5 nitrogen and oxygen atoms in total. The lowest BCUT2D eigenvalue weighted by atomic mass is 10.2. The number of rotatable bonds is 6. The molecular weight excluding hydrogens is 276 g/mol. The Kier molecular flexibility index (Phi) is 4.24. The second-order valence-electron chi connectivity index (χ2n) is 5.39. The molecule has 0 aliphatic carbocycles. The summed E-state index contributed by atoms with van der Waals surface area (Å²) in [5, 5.41) is 9.35. The number of hydrogen-bond acceptors (Lipinski definition) is 4. The molecule has 2 heterocycles. The maximum atomic E-state index is 5.64. The lowest BCUT2D eigenvalue weighted by molar-refractivity contribution is 0.292. The summed E-state index contributed by atoms with van der Waals surface area (Å²) in [5.74, 6) is 1.18. The quantitative estimate of drug-likeness (QED) is 0.700. The van der Waals surface area contributed by atoms with E-state index >= 15 is 0 Å². The highest BCUT2D eigenvalue weighted by atomic mass is 16.4. The van der Waals surface area contributed by atoms with Crippen LogP contribution in [0.5, 0.6) is 0 Å². The Labute approximate surface area is 130 Å². The third kappa shape index (κ3) is 2.76. The van der Waals surface area contributed by atoms with Gasteiger partial charge in [0, 0.05) is 30.9 Å². The van der Waals surface area contributed by atoms with Gasteiger partial charge in [-0.15, -0.1) is 10.2 Å². The van der Waals surface area contributed by atoms with Crippen LogP contribution in [-0.2, 0) is 6.54 Å². The van der Waals surface area contributed by atoms with E-state index < -0.39 is 0 Å². The normalized spacial score (nSPS) is 11.6. The molecule has 0 amide bonds. The molecule has 2 aromatic heterocycles. The number of aromatic nitrogens is 3. The first kappa shape index (κ1) is 14.8. The Bertz CT molecular complexity index is 755. The monoisotopic (exact) mass is 298 g/mol. The Balaban J connectivity index is 2.01. The molecule has 3 aromatic rings. The maximum Gasteiger partial charge on any atom is 0.264 e. The number of nitrogens with zero attached hydrogens (tertiary/aromatic N) is 4. The predicted molar refractivity (Wildman–Crippen MR) is 87.8 cm³/mol. The van der Waals surface area contributed by atoms with Crippen molar-refractivity contribution in [3.8, 4) is 11.6 Å². The van der Waals surface area contributed by atoms with E-state index in [-0.39, 0.29) is 0 Å². The lowest BCUT2D eigenvalue weighted by Gasteiger charge is -2.19. The fraction of sp³-hybridized carbons (Fsp3) is 0.412. The van der Waals surface area contributed by atoms with Gasteiger partial charge in [-0.2, -0.15) is 0 Å². The molecule has 0 aliphatic heterocycles. The Morgan fingerprint density at radius 1 is 1.14 bits per heavy atom. The van der Waals surface area contributed by atoms with Crippen LogP contribution in [0.25, 0.3) is 22.5 Å². The summed E-state index contributed by atoms with van der Waals surface area (Å²) < 4.78 is 7.92. The van der Waals surface area contributed by atoms with Crippen molar-refractivity contribution in [2.45, 2.75) is 27.3 Å². The molecule has 0 radical (unpaired) electrons. The second-order valence-corrected chi connectivity index (χ2v) is 5.39. The minimum absolute atomic E-state index is 0.591. The van der Waals surface area contributed by atoms with Crippen LogP contribution < -0.4 is 0 Å². The maximum absolute atomic E-state index is 5.64. The zero-order valence-electron chi connectivity index (χ0n) is 13.4. The number of likely N-dealkylation sites (N-methyl/N-ethyl adjacent to an activating group) is 1. The van der Waals surface area contributed by atoms with Crippen molar-refractivity contribution in [3.05, 3.63) is 36.2 Å². The number of aryl methyl sites for hydroxylation is 1. The number of fused-ring (bicyclic) bond motifs is 1. The van der Waals surface area contributed by atoms with Gasteiger partial charge in [0.25, 0.3) is 5.89 Å². The van der Waals surface area contributed by atoms with Gasteiger partial charge in [0.1, 0.15) is 5.69 Å². The van der Waals surface area contributed by atoms with Crippen molar-refractivity contribution < 1.29 is 4.42 Å². The van der Waals surface area contributed by atoms with Crippen LogP contribution in [0.4, 0.5) is 0 Å². The molecule has 0 bridgehead atoms. The van der Waals surface area contributed by atoms with Crippen molar-refractivity contribution in [2.24, 2.45) is 0 Å². The summed E-state index contributed by atoms with van der Waals surface area (Å²) in [6.07, 6.45) is 0. The molecule has 5 heteroatoms. The van der Waals surface area contributed by atoms with E-state index in [4.69, 9.17) is 4.42 Å². The zero-order chi connectivity index (χ0) is 15.5. The fourth-order valence-corrected chi connectivity index (χ4v) is 2.81. The van der Waals surface area contributed by atoms with Crippen LogP contribution in [0.3, 0.4) is 0 Å². The molecule has 0 fully saturated rings. The SMILES string of the molecule is CCN(CC)CCn1c(-c2nnc(C)o2)cc2ccccc21. The minimum Gasteiger partial charge on any atom is -0.420 e. The molecule has 0 saturated carbocycles. The summed E-state index contributed by atoms with van der Waals surface area (Å²) in [5.41, 5.74) is 2.20. The van der Waals surface area contributed by atoms with Gasteiger partial charge in [-0.3, -0.25) is 0 Å². The standard InChI is InChI=1S/C17H22N4O/c1-4-20(5-2)10-11-21-15-9-7-6-8-14(15)12-16(21)17-19-18-13(3)22-17/h6-9,12H,4-5,10-11H2,1-3H3. The Hall–Kier alpha value is -2.14. The van der Waals surface area contributed by atoms with Crippen LogP contribution in [0.2, 0.25) is 0 Å². The van der Waals surface area contributed by atoms with Gasteiger partial charge < -0.3 is 13.9 Å². The average molecular weight is 298 g/mol. The molecule has 116 valence electrons. The van der Waals surface area contributed by atoms with E-state index in [9.17, 15) is 0 Å². The number of hydrogen-bond donors (Lipinski definition) is 0. The van der Waals surface area contributed by atoms with Crippen LogP contribution in [-0.4, -0.2) is 39.3 Å². The topological polar surface area (TPSA) is 47.1 Å². The zero-order valence-corrected chi connectivity index (χ0v) is 13.4. The smallest absolute Gasteiger partial charge is 0.264 e. The highest BCUT2D eigenvalue weighted by Gasteiger charge is 2.15. The summed E-state index contributed by atoms with van der Waals surface area (Å²) >= 11 is 0. The van der Waals surface area contributed by atoms with Crippen molar-refractivity contribution in [1.82, 2.24) is 19.7 Å². The van der Waals surface area contributed by atoms with Crippen molar-refractivity contribution in [2.75, 3.05) is 19.6 Å². The van der Waals surface area contributed by atoms with E-state index in [1.54, 1.807) is 0 Å². The molecule has 1 aromatic carbocycles. The first-order valence-electron chi connectivity index (χ1n) is 7.84. The highest BCUT2D eigenvalue weighted by molar-refractivity contribution is 5.85. The fourth-order valence-electron chi connectivity index (χ4n) is 2.81. The lowest BCUT2D eigenvalue weighted by Crippen LogP contribution is -2.27. The summed E-state index contributed by atoms with van der Waals surface area (Å²) in [6, 6.07) is 10.5. The van der Waals surface area contributed by atoms with Crippen LogP contribution in [0, 0.1) is 6.92 Å². The van der Waals surface area contributed by atoms with E-state index in [1.807, 2.05) is 6.92 Å². The highest BCUT2D eigenvalue weighted by Crippen LogP contribution is 2.27. The van der Waals surface area contributed by atoms with Gasteiger partial charge in [-0.05, 0) is 25.2 Å². The van der Waals surface area contributed by atoms with E-state index in [1.165, 1.54) is 10.9 Å². The van der Waals surface area contributed by atoms with Crippen LogP contribution >= 0.6 is 0 Å². The molecule has 0 spiro atoms. The van der Waals surface area contributed by atoms with Gasteiger partial charge in [0.15, 0.2) is 0 Å². The minimum atomic E-state index is 0.591.